The first-order valence-electron chi connectivity index (χ1n) is 12.5. The minimum Gasteiger partial charge on any atom is -0.485 e. The summed E-state index contributed by atoms with van der Waals surface area (Å²) in [7, 11) is 3.82. The number of pyridine rings is 1. The second kappa shape index (κ2) is 10.1. The molecule has 0 amide bonds. The maximum atomic E-state index is 11.8. The Hall–Kier alpha value is -4.84. The molecule has 0 atom stereocenters. The predicted molar refractivity (Wildman–Crippen MR) is 145 cm³/mol. The number of ether oxygens (including phenoxy) is 2. The molecule has 1 fully saturated rings. The SMILES string of the molecule is CN(C)CCOc1cc2ncnc(Nc3ccc(Oc4ccn5ncnc5c4)c(C4CC4)c3)c2cc1[N+](=O)[O-]. The molecular weight excluding hydrogens is 500 g/mol. The lowest BCUT2D eigenvalue weighted by Gasteiger charge is -2.15. The van der Waals surface area contributed by atoms with E-state index in [0.29, 0.717) is 47.2 Å². The fourth-order valence-corrected chi connectivity index (χ4v) is 4.32. The van der Waals surface area contributed by atoms with Gasteiger partial charge < -0.3 is 19.7 Å². The molecule has 6 rings (SSSR count). The maximum Gasteiger partial charge on any atom is 0.311 e. The summed E-state index contributed by atoms with van der Waals surface area (Å²) < 4.78 is 13.6. The van der Waals surface area contributed by atoms with Crippen LogP contribution in [0.3, 0.4) is 0 Å². The van der Waals surface area contributed by atoms with Gasteiger partial charge in [-0.15, -0.1) is 0 Å². The highest BCUT2D eigenvalue weighted by atomic mass is 16.6. The van der Waals surface area contributed by atoms with E-state index in [9.17, 15) is 10.1 Å². The number of hydrogen-bond acceptors (Lipinski definition) is 10. The maximum absolute atomic E-state index is 11.8. The zero-order valence-electron chi connectivity index (χ0n) is 21.4. The number of anilines is 2. The van der Waals surface area contributed by atoms with E-state index in [2.05, 4.69) is 25.4 Å². The quantitative estimate of drug-likeness (QED) is 0.197. The van der Waals surface area contributed by atoms with E-state index in [0.717, 1.165) is 29.8 Å². The number of nitrogens with one attached hydrogen (secondary N) is 1. The van der Waals surface area contributed by atoms with Crippen LogP contribution in [0.1, 0.15) is 24.3 Å². The van der Waals surface area contributed by atoms with Gasteiger partial charge in [0.1, 0.15) is 36.6 Å². The van der Waals surface area contributed by atoms with Crippen LogP contribution in [-0.2, 0) is 0 Å². The summed E-state index contributed by atoms with van der Waals surface area (Å²) in [6, 6.07) is 12.6. The number of likely N-dealkylation sites (N-methyl/N-ethyl adjacent to an activating group) is 1. The first-order chi connectivity index (χ1) is 18.9. The average molecular weight is 527 g/mol. The normalized spacial score (nSPS) is 13.2. The molecule has 1 aliphatic carbocycles. The van der Waals surface area contributed by atoms with Crippen molar-refractivity contribution in [1.82, 2.24) is 29.5 Å². The van der Waals surface area contributed by atoms with Gasteiger partial charge >= 0.3 is 5.69 Å². The molecule has 39 heavy (non-hydrogen) atoms. The molecule has 2 aromatic carbocycles. The zero-order chi connectivity index (χ0) is 26.9. The van der Waals surface area contributed by atoms with Crippen LogP contribution in [0.5, 0.6) is 17.2 Å². The number of rotatable bonds is 10. The van der Waals surface area contributed by atoms with E-state index in [4.69, 9.17) is 9.47 Å². The average Bonchev–Trinajstić information content (AvgIpc) is 3.66. The van der Waals surface area contributed by atoms with Crippen molar-refractivity contribution < 1.29 is 14.4 Å². The lowest BCUT2D eigenvalue weighted by molar-refractivity contribution is -0.385. The molecule has 12 nitrogen and oxygen atoms in total. The van der Waals surface area contributed by atoms with Crippen LogP contribution < -0.4 is 14.8 Å². The Morgan fingerprint density at radius 3 is 2.74 bits per heavy atom. The number of hydrogen-bond donors (Lipinski definition) is 1. The van der Waals surface area contributed by atoms with Crippen LogP contribution >= 0.6 is 0 Å². The van der Waals surface area contributed by atoms with Crippen LogP contribution in [0, 0.1) is 10.1 Å². The van der Waals surface area contributed by atoms with Crippen molar-refractivity contribution in [1.29, 1.82) is 0 Å². The van der Waals surface area contributed by atoms with E-state index in [-0.39, 0.29) is 11.4 Å². The Morgan fingerprint density at radius 1 is 1.08 bits per heavy atom. The van der Waals surface area contributed by atoms with E-state index in [1.165, 1.54) is 18.7 Å². The second-order valence-corrected chi connectivity index (χ2v) is 9.65. The van der Waals surface area contributed by atoms with Gasteiger partial charge in [0.15, 0.2) is 11.4 Å². The van der Waals surface area contributed by atoms with Gasteiger partial charge in [-0.3, -0.25) is 10.1 Å². The minimum absolute atomic E-state index is 0.133. The topological polar surface area (TPSA) is 133 Å². The molecule has 198 valence electrons. The molecule has 1 N–H and O–H groups in total. The highest BCUT2D eigenvalue weighted by Gasteiger charge is 2.28. The molecule has 1 saturated carbocycles. The first kappa shape index (κ1) is 24.5. The van der Waals surface area contributed by atoms with Crippen LogP contribution in [-0.4, -0.2) is 61.6 Å². The number of benzene rings is 2. The summed E-state index contributed by atoms with van der Waals surface area (Å²) in [4.78, 5) is 26.3. The van der Waals surface area contributed by atoms with Gasteiger partial charge in [-0.25, -0.2) is 19.5 Å². The second-order valence-electron chi connectivity index (χ2n) is 9.65. The molecular formula is C27H26N8O4. The summed E-state index contributed by atoms with van der Waals surface area (Å²) >= 11 is 0. The van der Waals surface area contributed by atoms with Crippen molar-refractivity contribution in [2.75, 3.05) is 32.6 Å². The summed E-state index contributed by atoms with van der Waals surface area (Å²) in [6.07, 6.45) is 6.91. The van der Waals surface area contributed by atoms with Crippen molar-refractivity contribution in [3.8, 4) is 17.2 Å². The molecule has 0 unspecified atom stereocenters. The highest BCUT2D eigenvalue weighted by molar-refractivity contribution is 5.93. The van der Waals surface area contributed by atoms with Gasteiger partial charge in [-0.05, 0) is 62.7 Å². The van der Waals surface area contributed by atoms with Crippen LogP contribution in [0.15, 0.2) is 61.3 Å². The van der Waals surface area contributed by atoms with E-state index in [1.807, 2.05) is 55.5 Å². The first-order valence-corrected chi connectivity index (χ1v) is 12.5. The summed E-state index contributed by atoms with van der Waals surface area (Å²) in [5, 5.41) is 19.8. The third-order valence-corrected chi connectivity index (χ3v) is 6.48. The smallest absolute Gasteiger partial charge is 0.311 e. The minimum atomic E-state index is -0.449. The monoisotopic (exact) mass is 526 g/mol. The lowest BCUT2D eigenvalue weighted by Crippen LogP contribution is -2.19. The molecule has 0 spiro atoms. The molecule has 0 aliphatic heterocycles. The van der Waals surface area contributed by atoms with Gasteiger partial charge in [-0.2, -0.15) is 5.10 Å². The van der Waals surface area contributed by atoms with Crippen molar-refractivity contribution in [3.63, 3.8) is 0 Å². The van der Waals surface area contributed by atoms with E-state index in [1.54, 1.807) is 10.6 Å². The molecule has 1 aliphatic rings. The number of aromatic nitrogens is 5. The van der Waals surface area contributed by atoms with Gasteiger partial charge in [-0.1, -0.05) is 0 Å². The molecule has 3 aromatic heterocycles. The number of fused-ring (bicyclic) bond motifs is 2. The Morgan fingerprint density at radius 2 is 1.95 bits per heavy atom. The molecule has 3 heterocycles. The van der Waals surface area contributed by atoms with Crippen LogP contribution in [0.4, 0.5) is 17.2 Å². The third-order valence-electron chi connectivity index (χ3n) is 6.48. The van der Waals surface area contributed by atoms with E-state index < -0.39 is 4.92 Å². The Labute approximate surface area is 223 Å². The standard InChI is InChI=1S/C27H26N8O4/c1-33(2)9-10-38-25-14-22-21(13-23(25)35(36)37)27(30-15-28-22)32-18-5-6-24(20(11-18)17-3-4-17)39-19-7-8-34-26(12-19)29-16-31-34/h5-8,11-17H,3-4,9-10H2,1-2H3,(H,28,30,32). The van der Waals surface area contributed by atoms with E-state index >= 15 is 0 Å². The van der Waals surface area contributed by atoms with Crippen molar-refractivity contribution in [2.24, 2.45) is 0 Å². The van der Waals surface area contributed by atoms with Crippen LogP contribution in [0.25, 0.3) is 16.6 Å². The Bertz CT molecular complexity index is 1680. The summed E-state index contributed by atoms with van der Waals surface area (Å²) in [5.74, 6) is 2.51. The predicted octanol–water partition coefficient (Wildman–Crippen LogP) is 4.93. The number of nitrogens with zero attached hydrogens (tertiary/aromatic N) is 7. The summed E-state index contributed by atoms with van der Waals surface area (Å²) in [5.41, 5.74) is 3.00. The summed E-state index contributed by atoms with van der Waals surface area (Å²) in [6.45, 7) is 0.949. The van der Waals surface area contributed by atoms with Gasteiger partial charge in [0, 0.05) is 36.6 Å². The van der Waals surface area contributed by atoms with Crippen LogP contribution in [0.2, 0.25) is 0 Å². The largest absolute Gasteiger partial charge is 0.485 e. The fraction of sp³-hybridized carbons (Fsp3) is 0.259. The Kier molecular flexibility index (Phi) is 6.37. The molecule has 12 heteroatoms. The molecule has 0 radical (unpaired) electrons. The Balaban J connectivity index is 1.29. The van der Waals surface area contributed by atoms with Crippen molar-refractivity contribution in [2.45, 2.75) is 18.8 Å². The molecule has 0 bridgehead atoms. The third kappa shape index (κ3) is 5.27. The molecule has 0 saturated heterocycles. The lowest BCUT2D eigenvalue weighted by atomic mass is 10.1. The van der Waals surface area contributed by atoms with Gasteiger partial charge in [0.25, 0.3) is 0 Å². The van der Waals surface area contributed by atoms with Gasteiger partial charge in [0.2, 0.25) is 0 Å². The zero-order valence-corrected chi connectivity index (χ0v) is 21.4. The van der Waals surface area contributed by atoms with Gasteiger partial charge in [0.05, 0.1) is 15.8 Å². The van der Waals surface area contributed by atoms with Crippen molar-refractivity contribution in [3.05, 3.63) is 77.0 Å². The highest BCUT2D eigenvalue weighted by Crippen LogP contribution is 2.46. The number of nitro benzene ring substituents is 1. The fourth-order valence-electron chi connectivity index (χ4n) is 4.32. The van der Waals surface area contributed by atoms with Crippen molar-refractivity contribution >= 4 is 33.7 Å². The molecule has 5 aromatic rings. The number of nitro groups is 1.